The molecule has 584 valence electrons. The molecule has 1 amide bonds. The molecule has 106 heavy (non-hydrogen) atoms. The lowest BCUT2D eigenvalue weighted by Gasteiger charge is -2.37. The summed E-state index contributed by atoms with van der Waals surface area (Å²) in [6.07, 6.45) is 52.1. The molecule has 1 aliphatic heterocycles. The lowest BCUT2D eigenvalue weighted by molar-refractivity contribution is -0.156. The van der Waals surface area contributed by atoms with E-state index in [0.29, 0.717) is 30.3 Å². The summed E-state index contributed by atoms with van der Waals surface area (Å²) in [6.45, 7) is 7.36. The van der Waals surface area contributed by atoms with Gasteiger partial charge in [0.25, 0.3) is 5.56 Å². The van der Waals surface area contributed by atoms with Crippen LogP contribution in [0.1, 0.15) is 336 Å². The van der Waals surface area contributed by atoms with Crippen molar-refractivity contribution >= 4 is 11.9 Å². The smallest absolute Gasteiger partial charge is 0.330 e. The Morgan fingerprint density at radius 2 is 0.830 bits per heavy atom. The van der Waals surface area contributed by atoms with Gasteiger partial charge in [-0.3, -0.25) is 23.9 Å². The molecule has 5 aromatic carbocycles. The van der Waals surface area contributed by atoms with Gasteiger partial charge in [0.15, 0.2) is 0 Å². The summed E-state index contributed by atoms with van der Waals surface area (Å²) < 4.78 is 45.2. The highest BCUT2D eigenvalue weighted by molar-refractivity contribution is 5.82. The number of hydrogen-bond acceptors (Lipinski definition) is 11. The second-order valence-corrected chi connectivity index (χ2v) is 30.0. The second kappa shape index (κ2) is 52.0. The molecule has 2 N–H and O–H groups in total. The first-order valence-corrected chi connectivity index (χ1v) is 42.0. The van der Waals surface area contributed by atoms with Crippen LogP contribution in [-0.2, 0) is 29.4 Å². The molecule has 6 aromatic rings. The van der Waals surface area contributed by atoms with E-state index in [-0.39, 0.29) is 31.8 Å². The van der Waals surface area contributed by atoms with Gasteiger partial charge in [0.2, 0.25) is 5.91 Å². The van der Waals surface area contributed by atoms with Crippen LogP contribution >= 0.6 is 0 Å². The summed E-state index contributed by atoms with van der Waals surface area (Å²) in [5, 5.41) is 3.25. The third-order valence-corrected chi connectivity index (χ3v) is 21.4. The zero-order chi connectivity index (χ0) is 74.9. The number of esters is 1. The maximum atomic E-state index is 14.3. The van der Waals surface area contributed by atoms with Gasteiger partial charge in [-0.25, -0.2) is 4.79 Å². The van der Waals surface area contributed by atoms with E-state index in [1.807, 2.05) is 127 Å². The third kappa shape index (κ3) is 31.6. The van der Waals surface area contributed by atoms with E-state index in [1.165, 1.54) is 242 Å². The summed E-state index contributed by atoms with van der Waals surface area (Å²) in [4.78, 5) is 56.9. The summed E-state index contributed by atoms with van der Waals surface area (Å²) in [5.41, 5.74) is 1.99. The van der Waals surface area contributed by atoms with Gasteiger partial charge < -0.3 is 38.5 Å². The van der Waals surface area contributed by atoms with E-state index in [0.717, 1.165) is 65.0 Å². The number of amides is 1. The molecule has 7 rings (SSSR count). The van der Waals surface area contributed by atoms with Crippen molar-refractivity contribution in [2.75, 3.05) is 34.0 Å². The van der Waals surface area contributed by atoms with Gasteiger partial charge in [0.1, 0.15) is 47.0 Å². The summed E-state index contributed by atoms with van der Waals surface area (Å²) in [7, 11) is 3.23. The maximum absolute atomic E-state index is 14.3. The average Bonchev–Trinajstić information content (AvgIpc) is 1.02. The Balaban J connectivity index is 0.917. The molecule has 0 unspecified atom stereocenters. The highest BCUT2D eigenvalue weighted by Gasteiger charge is 2.44. The normalized spacial score (nSPS) is 14.4. The number of H-pyrrole nitrogens is 1. The number of nitrogens with one attached hydrogen (secondary N) is 2. The van der Waals surface area contributed by atoms with E-state index in [4.69, 9.17) is 33.2 Å². The van der Waals surface area contributed by atoms with Crippen LogP contribution in [0.25, 0.3) is 0 Å². The number of aromatic amines is 1. The number of nitrogens with zero attached hydrogens (tertiary/aromatic N) is 1. The fraction of sp³-hybridized carbons (Fsp3) is 0.609. The van der Waals surface area contributed by atoms with Crippen LogP contribution in [0.3, 0.4) is 0 Å². The van der Waals surface area contributed by atoms with Gasteiger partial charge in [-0.05, 0) is 96.1 Å². The molecule has 0 spiro atoms. The predicted octanol–water partition coefficient (Wildman–Crippen LogP) is 23.2. The Bertz CT molecular complexity index is 3250. The van der Waals surface area contributed by atoms with Crippen LogP contribution in [-0.4, -0.2) is 67.7 Å². The monoisotopic (exact) mass is 1460 g/mol. The van der Waals surface area contributed by atoms with Crippen molar-refractivity contribution in [2.24, 2.45) is 0 Å². The lowest BCUT2D eigenvalue weighted by Crippen LogP contribution is -2.39. The number of aryl methyl sites for hydroxylation is 1. The fourth-order valence-corrected chi connectivity index (χ4v) is 14.9. The highest BCUT2D eigenvalue weighted by Crippen LogP contribution is 2.43. The second-order valence-electron chi connectivity index (χ2n) is 30.0. The molecule has 2 heterocycles. The lowest BCUT2D eigenvalue weighted by atomic mass is 9.80. The van der Waals surface area contributed by atoms with E-state index in [1.54, 1.807) is 21.1 Å². The van der Waals surface area contributed by atoms with Crippen LogP contribution in [0, 0.1) is 6.92 Å². The molecule has 14 nitrogen and oxygen atoms in total. The molecule has 0 radical (unpaired) electrons. The predicted molar refractivity (Wildman–Crippen MR) is 432 cm³/mol. The number of rotatable bonds is 60. The van der Waals surface area contributed by atoms with Crippen LogP contribution in [0.5, 0.6) is 23.0 Å². The molecule has 1 saturated heterocycles. The topological polar surface area (TPSA) is 166 Å². The van der Waals surface area contributed by atoms with E-state index in [9.17, 15) is 19.2 Å². The molecular weight excluding hydrogens is 1320 g/mol. The van der Waals surface area contributed by atoms with Crippen LogP contribution in [0.4, 0.5) is 0 Å². The first-order chi connectivity index (χ1) is 52.0. The number of hydrogen-bond donors (Lipinski definition) is 2. The van der Waals surface area contributed by atoms with Crippen molar-refractivity contribution in [3.8, 4) is 23.0 Å². The molecule has 14 heteroatoms. The van der Waals surface area contributed by atoms with Crippen molar-refractivity contribution in [1.82, 2.24) is 14.9 Å². The van der Waals surface area contributed by atoms with Gasteiger partial charge in [-0.1, -0.05) is 337 Å². The Hall–Kier alpha value is -7.16. The summed E-state index contributed by atoms with van der Waals surface area (Å²) >= 11 is 0. The number of benzene rings is 5. The Morgan fingerprint density at radius 1 is 0.472 bits per heavy atom. The van der Waals surface area contributed by atoms with Crippen molar-refractivity contribution in [3.05, 3.63) is 188 Å². The SMILES string of the molecule is CCCCCCCCCCCCCCCCCCCCCCOc1ccc(C(NC(=O)CCC(=O)O[C@@H]2C[C@H](n3cc(C)c(=O)[nH]c3=O)O[C@@H]2COC(c2ccccc2)(c2ccc(OC)cc2)c2ccc(OC)cc2)c2ccc(OCCCCCCCCCCCCCCCCCCCCCC)cc2)cc1. The minimum absolute atomic E-state index is 0.0570. The summed E-state index contributed by atoms with van der Waals surface area (Å²) in [5.74, 6) is 1.91. The number of methoxy groups -OCH3 is 2. The minimum Gasteiger partial charge on any atom is -0.497 e. The zero-order valence-electron chi connectivity index (χ0n) is 66.0. The van der Waals surface area contributed by atoms with Crippen molar-refractivity contribution in [1.29, 1.82) is 0 Å². The minimum atomic E-state index is -1.24. The Labute approximate surface area is 638 Å². The van der Waals surface area contributed by atoms with Gasteiger partial charge in [-0.15, -0.1) is 0 Å². The van der Waals surface area contributed by atoms with Crippen molar-refractivity contribution < 1.29 is 42.7 Å². The molecule has 3 atom stereocenters. The largest absolute Gasteiger partial charge is 0.497 e. The molecular formula is C92H135N3O11. The van der Waals surface area contributed by atoms with Crippen molar-refractivity contribution in [2.45, 2.75) is 327 Å². The summed E-state index contributed by atoms with van der Waals surface area (Å²) in [6, 6.07) is 40.4. The van der Waals surface area contributed by atoms with Crippen LogP contribution in [0.15, 0.2) is 143 Å². The third-order valence-electron chi connectivity index (χ3n) is 21.4. The highest BCUT2D eigenvalue weighted by atomic mass is 16.6. The maximum Gasteiger partial charge on any atom is 0.330 e. The van der Waals surface area contributed by atoms with Crippen LogP contribution < -0.4 is 35.5 Å². The van der Waals surface area contributed by atoms with Gasteiger partial charge in [0.05, 0.1) is 46.5 Å². The van der Waals surface area contributed by atoms with Gasteiger partial charge in [-0.2, -0.15) is 0 Å². The van der Waals surface area contributed by atoms with Crippen molar-refractivity contribution in [3.63, 3.8) is 0 Å². The number of carbonyl (C=O) groups is 2. The van der Waals surface area contributed by atoms with E-state index >= 15 is 0 Å². The molecule has 1 fully saturated rings. The number of ether oxygens (including phenoxy) is 7. The molecule has 0 saturated carbocycles. The number of aromatic nitrogens is 2. The number of carbonyl (C=O) groups excluding carboxylic acids is 2. The average molecular weight is 1460 g/mol. The quantitative estimate of drug-likeness (QED) is 0.0212. The Kier molecular flexibility index (Phi) is 42.2. The number of unbranched alkanes of at least 4 members (excludes halogenated alkanes) is 38. The van der Waals surface area contributed by atoms with Crippen LogP contribution in [0.2, 0.25) is 0 Å². The first kappa shape index (κ1) is 86.1. The molecule has 0 aliphatic carbocycles. The molecule has 1 aromatic heterocycles. The molecule has 1 aliphatic rings. The molecule has 0 bridgehead atoms. The zero-order valence-corrected chi connectivity index (χ0v) is 66.0. The standard InChI is InChI=1S/C92H135N3O11/c1-6-8-10-12-14-16-18-20-22-24-26-28-30-32-34-36-38-40-42-47-69-102-82-59-51-75(52-60-82)89(76-53-61-83(62-54-76)103-70-48-43-41-39-37-35-33-31-29-27-25-23-21-19-17-15-13-11-9-7-2)93-86(96)67-68-88(97)106-84-71-87(95-72-74(3)90(98)94-91(95)99)105-85(84)73-104-92(77-49-45-44-46-50-77,78-55-63-80(100-4)64-56-78)79-57-65-81(101-5)66-58-79/h44-46,49-66,72,84-85,87,89H,6-43,47-48,67-71,73H2,1-5H3,(H,93,96)(H,94,98,99)/t84-,85-,87-/m1/s1. The first-order valence-electron chi connectivity index (χ1n) is 42.0. The fourth-order valence-electron chi connectivity index (χ4n) is 14.9. The van der Waals surface area contributed by atoms with E-state index < -0.39 is 47.3 Å². The van der Waals surface area contributed by atoms with E-state index in [2.05, 4.69) is 24.1 Å². The Morgan fingerprint density at radius 3 is 1.21 bits per heavy atom. The van der Waals surface area contributed by atoms with Gasteiger partial charge in [0, 0.05) is 24.6 Å². The van der Waals surface area contributed by atoms with Gasteiger partial charge >= 0.3 is 11.7 Å².